The highest BCUT2D eigenvalue weighted by Gasteiger charge is 2.16. The van der Waals surface area contributed by atoms with Crippen LogP contribution in [0.2, 0.25) is 0 Å². The molecule has 0 aliphatic rings. The number of aryl methyl sites for hydroxylation is 3. The van der Waals surface area contributed by atoms with Crippen molar-refractivity contribution in [2.75, 3.05) is 7.05 Å². The van der Waals surface area contributed by atoms with Crippen molar-refractivity contribution in [1.29, 1.82) is 0 Å². The number of hydrogen-bond acceptors (Lipinski definition) is 4. The van der Waals surface area contributed by atoms with Crippen LogP contribution in [0.15, 0.2) is 22.2 Å². The molecule has 0 saturated heterocycles. The fourth-order valence-electron chi connectivity index (χ4n) is 2.33. The Morgan fingerprint density at radius 3 is 2.19 bits per heavy atom. The van der Waals surface area contributed by atoms with E-state index in [1.807, 2.05) is 45.5 Å². The molecular formula is C18H26N6O2. The molecule has 0 radical (unpaired) electrons. The Hall–Kier alpha value is -3.12. The van der Waals surface area contributed by atoms with Crippen molar-refractivity contribution >= 4 is 18.4 Å². The summed E-state index contributed by atoms with van der Waals surface area (Å²) in [5.74, 6) is -0.833. The standard InChI is InChI=1S/C14H17N5.C2H5N.C2H4O2/c1-8-6-9(2)13(12(7-8)16-18-15)14-10(3)11(4)19(5)17-14;1-3-2;1-2(3)4/h6-7H,1-5H3;1H2,2H3;1H3,(H,3,4). The quantitative estimate of drug-likeness (QED) is 0.364. The summed E-state index contributed by atoms with van der Waals surface area (Å²) in [4.78, 5) is 15.2. The highest BCUT2D eigenvalue weighted by molar-refractivity contribution is 5.79. The molecule has 140 valence electrons. The lowest BCUT2D eigenvalue weighted by molar-refractivity contribution is -0.134. The first kappa shape index (κ1) is 22.9. The van der Waals surface area contributed by atoms with Crippen molar-refractivity contribution in [2.45, 2.75) is 34.6 Å². The number of carboxylic acid groups (broad SMARTS) is 1. The zero-order valence-electron chi connectivity index (χ0n) is 16.4. The maximum atomic E-state index is 9.00. The Kier molecular flexibility index (Phi) is 9.40. The predicted molar refractivity (Wildman–Crippen MR) is 105 cm³/mol. The van der Waals surface area contributed by atoms with E-state index in [1.165, 1.54) is 0 Å². The molecule has 0 amide bonds. The minimum Gasteiger partial charge on any atom is -0.481 e. The van der Waals surface area contributed by atoms with E-state index in [1.54, 1.807) is 7.05 Å². The molecule has 0 unspecified atom stereocenters. The Morgan fingerprint density at radius 1 is 1.31 bits per heavy atom. The Balaban J connectivity index is 0.000000770. The monoisotopic (exact) mass is 358 g/mol. The van der Waals surface area contributed by atoms with Gasteiger partial charge in [0.1, 0.15) is 0 Å². The van der Waals surface area contributed by atoms with Crippen LogP contribution in [0.5, 0.6) is 0 Å². The lowest BCUT2D eigenvalue weighted by Crippen LogP contribution is -1.93. The molecule has 1 heterocycles. The van der Waals surface area contributed by atoms with E-state index >= 15 is 0 Å². The van der Waals surface area contributed by atoms with E-state index in [2.05, 4.69) is 32.9 Å². The number of nitrogens with zero attached hydrogens (tertiary/aromatic N) is 6. The molecule has 0 spiro atoms. The lowest BCUT2D eigenvalue weighted by atomic mass is 9.98. The number of rotatable bonds is 2. The topological polar surface area (TPSA) is 116 Å². The van der Waals surface area contributed by atoms with E-state index in [0.29, 0.717) is 5.69 Å². The van der Waals surface area contributed by atoms with E-state index in [-0.39, 0.29) is 0 Å². The summed E-state index contributed by atoms with van der Waals surface area (Å²) >= 11 is 0. The smallest absolute Gasteiger partial charge is 0.300 e. The van der Waals surface area contributed by atoms with Crippen molar-refractivity contribution in [3.05, 3.63) is 45.0 Å². The molecule has 26 heavy (non-hydrogen) atoms. The fourth-order valence-corrected chi connectivity index (χ4v) is 2.33. The fraction of sp³-hybridized carbons (Fsp3) is 0.389. The normalized spacial score (nSPS) is 9.04. The van der Waals surface area contributed by atoms with E-state index < -0.39 is 5.97 Å². The number of hydrogen-bond donors (Lipinski definition) is 1. The average molecular weight is 358 g/mol. The third-order valence-electron chi connectivity index (χ3n) is 3.48. The van der Waals surface area contributed by atoms with Crippen LogP contribution in [-0.4, -0.2) is 34.6 Å². The lowest BCUT2D eigenvalue weighted by Gasteiger charge is -2.09. The van der Waals surface area contributed by atoms with Crippen LogP contribution >= 0.6 is 0 Å². The first-order valence-electron chi connectivity index (χ1n) is 7.81. The van der Waals surface area contributed by atoms with Gasteiger partial charge in [0, 0.05) is 42.9 Å². The molecule has 1 N–H and O–H groups in total. The van der Waals surface area contributed by atoms with E-state index in [9.17, 15) is 0 Å². The van der Waals surface area contributed by atoms with Crippen LogP contribution < -0.4 is 0 Å². The number of aromatic nitrogens is 2. The molecule has 2 aromatic rings. The zero-order chi connectivity index (χ0) is 20.4. The van der Waals surface area contributed by atoms with Crippen molar-refractivity contribution in [1.82, 2.24) is 9.78 Å². The first-order chi connectivity index (χ1) is 12.1. The van der Waals surface area contributed by atoms with Gasteiger partial charge in [-0.2, -0.15) is 5.10 Å². The van der Waals surface area contributed by atoms with E-state index in [0.717, 1.165) is 40.6 Å². The summed E-state index contributed by atoms with van der Waals surface area (Å²) in [6, 6.07) is 3.97. The van der Waals surface area contributed by atoms with Gasteiger partial charge in [-0.1, -0.05) is 16.7 Å². The molecule has 1 aromatic heterocycles. The summed E-state index contributed by atoms with van der Waals surface area (Å²) in [6.07, 6.45) is 0. The van der Waals surface area contributed by atoms with Gasteiger partial charge in [0.05, 0.1) is 5.69 Å². The number of aliphatic imine (C=N–C) groups is 1. The second kappa shape index (κ2) is 10.7. The Labute approximate surface area is 153 Å². The Morgan fingerprint density at radius 2 is 1.81 bits per heavy atom. The SMILES string of the molecule is C=NC.CC(=O)O.Cc1cc(C)c(-c2nn(C)c(C)c2C)c(N=[N+]=[N-])c1. The van der Waals surface area contributed by atoms with Gasteiger partial charge in [-0.3, -0.25) is 9.48 Å². The van der Waals surface area contributed by atoms with Crippen molar-refractivity contribution < 1.29 is 9.90 Å². The van der Waals surface area contributed by atoms with Crippen molar-refractivity contribution in [3.8, 4) is 11.3 Å². The van der Waals surface area contributed by atoms with Crippen molar-refractivity contribution in [2.24, 2.45) is 17.2 Å². The van der Waals surface area contributed by atoms with Crippen LogP contribution in [0, 0.1) is 27.7 Å². The van der Waals surface area contributed by atoms with Crippen molar-refractivity contribution in [3.63, 3.8) is 0 Å². The third kappa shape index (κ3) is 6.41. The second-order valence-corrected chi connectivity index (χ2v) is 5.68. The Bertz CT molecular complexity index is 829. The van der Waals surface area contributed by atoms with Gasteiger partial charge >= 0.3 is 0 Å². The molecule has 8 heteroatoms. The molecule has 0 aliphatic heterocycles. The maximum absolute atomic E-state index is 9.00. The number of benzene rings is 1. The number of azide groups is 1. The van der Waals surface area contributed by atoms with Gasteiger partial charge in [0.15, 0.2) is 0 Å². The van der Waals surface area contributed by atoms with E-state index in [4.69, 9.17) is 15.4 Å². The third-order valence-corrected chi connectivity index (χ3v) is 3.48. The maximum Gasteiger partial charge on any atom is 0.300 e. The molecular weight excluding hydrogens is 332 g/mol. The summed E-state index contributed by atoms with van der Waals surface area (Å²) in [5, 5.41) is 15.8. The molecule has 0 fully saturated rings. The molecule has 2 rings (SSSR count). The highest BCUT2D eigenvalue weighted by atomic mass is 16.4. The summed E-state index contributed by atoms with van der Waals surface area (Å²) in [5.41, 5.74) is 15.6. The minimum absolute atomic E-state index is 0.640. The summed E-state index contributed by atoms with van der Waals surface area (Å²) in [7, 11) is 3.56. The van der Waals surface area contributed by atoms with Gasteiger partial charge < -0.3 is 10.1 Å². The molecule has 1 aromatic carbocycles. The van der Waals surface area contributed by atoms with Gasteiger partial charge in [-0.05, 0) is 57.1 Å². The molecule has 0 atom stereocenters. The first-order valence-corrected chi connectivity index (χ1v) is 7.81. The van der Waals surface area contributed by atoms with Crippen LogP contribution in [0.3, 0.4) is 0 Å². The summed E-state index contributed by atoms with van der Waals surface area (Å²) in [6.45, 7) is 12.3. The minimum atomic E-state index is -0.833. The van der Waals surface area contributed by atoms with Crippen LogP contribution in [0.4, 0.5) is 5.69 Å². The summed E-state index contributed by atoms with van der Waals surface area (Å²) < 4.78 is 1.85. The van der Waals surface area contributed by atoms with Crippen LogP contribution in [0.1, 0.15) is 29.3 Å². The second-order valence-electron chi connectivity index (χ2n) is 5.68. The predicted octanol–water partition coefficient (Wildman–Crippen LogP) is 4.67. The number of carboxylic acids is 1. The molecule has 8 nitrogen and oxygen atoms in total. The van der Waals surface area contributed by atoms with Gasteiger partial charge in [-0.25, -0.2) is 0 Å². The zero-order valence-corrected chi connectivity index (χ0v) is 16.4. The van der Waals surface area contributed by atoms with Crippen LogP contribution in [-0.2, 0) is 11.8 Å². The number of carbonyl (C=O) groups is 1. The van der Waals surface area contributed by atoms with Gasteiger partial charge in [0.2, 0.25) is 0 Å². The molecule has 0 aliphatic carbocycles. The largest absolute Gasteiger partial charge is 0.481 e. The van der Waals surface area contributed by atoms with Crippen LogP contribution in [0.25, 0.3) is 21.7 Å². The van der Waals surface area contributed by atoms with Gasteiger partial charge in [-0.15, -0.1) is 0 Å². The van der Waals surface area contributed by atoms with Gasteiger partial charge in [0.25, 0.3) is 5.97 Å². The average Bonchev–Trinajstić information content (AvgIpc) is 2.75. The number of aliphatic carboxylic acids is 1. The highest BCUT2D eigenvalue weighted by Crippen LogP contribution is 2.36. The molecule has 0 bridgehead atoms. The molecule has 0 saturated carbocycles.